The lowest BCUT2D eigenvalue weighted by Crippen LogP contribution is -2.47. The van der Waals surface area contributed by atoms with Gasteiger partial charge in [0.05, 0.1) is 16.5 Å². The topological polar surface area (TPSA) is 87.1 Å². The van der Waals surface area contributed by atoms with Crippen molar-refractivity contribution in [3.63, 3.8) is 0 Å². The molecule has 0 fully saturated rings. The Morgan fingerprint density at radius 3 is 2.30 bits per heavy atom. The number of halogens is 5. The van der Waals surface area contributed by atoms with E-state index in [4.69, 9.17) is 0 Å². The van der Waals surface area contributed by atoms with Crippen molar-refractivity contribution in [1.82, 2.24) is 15.3 Å². The van der Waals surface area contributed by atoms with Crippen molar-refractivity contribution >= 4 is 23.1 Å². The number of aliphatic hydroxyl groups is 1. The minimum absolute atomic E-state index is 0.0192. The molecule has 6 nitrogen and oxygen atoms in total. The largest absolute Gasteiger partial charge is 0.408 e. The zero-order valence-electron chi connectivity index (χ0n) is 16.5. The number of pyridine rings is 1. The number of carbonyl (C=O) groups is 1. The van der Waals surface area contributed by atoms with Crippen molar-refractivity contribution in [3.05, 3.63) is 29.0 Å². The standard InChI is InChI=1S/C18H21F5N4O2S/c1-8(17(3,4)29)27-15(28)16-25-7-12(30-16)11-6-24-13(5-10(11)14(19)20)26-9(2)18(21,22)23/h5-9,14,29H,1-4H3,(H,24,26)(H,27,28)/t8-,9-/m0/s1. The van der Waals surface area contributed by atoms with Crippen LogP contribution in [-0.2, 0) is 0 Å². The molecule has 0 spiro atoms. The summed E-state index contributed by atoms with van der Waals surface area (Å²) in [6.45, 7) is 5.47. The smallest absolute Gasteiger partial charge is 0.388 e. The Morgan fingerprint density at radius 1 is 1.13 bits per heavy atom. The summed E-state index contributed by atoms with van der Waals surface area (Å²) >= 11 is 0.824. The molecule has 2 aromatic heterocycles. The summed E-state index contributed by atoms with van der Waals surface area (Å²) in [6, 6.07) is -1.73. The second-order valence-corrected chi connectivity index (χ2v) is 8.27. The number of hydrogen-bond donors (Lipinski definition) is 3. The molecule has 2 aromatic rings. The Kier molecular flexibility index (Phi) is 7.02. The molecule has 2 atom stereocenters. The summed E-state index contributed by atoms with van der Waals surface area (Å²) in [5.74, 6) is -0.940. The van der Waals surface area contributed by atoms with Gasteiger partial charge in [-0.1, -0.05) is 0 Å². The van der Waals surface area contributed by atoms with E-state index in [1.54, 1.807) is 6.92 Å². The first-order chi connectivity index (χ1) is 13.7. The molecule has 0 unspecified atom stereocenters. The first kappa shape index (κ1) is 23.9. The van der Waals surface area contributed by atoms with Crippen LogP contribution in [0, 0.1) is 0 Å². The lowest BCUT2D eigenvalue weighted by Gasteiger charge is -2.26. The van der Waals surface area contributed by atoms with Crippen LogP contribution in [-0.4, -0.2) is 44.8 Å². The molecular formula is C18H21F5N4O2S. The van der Waals surface area contributed by atoms with Crippen molar-refractivity contribution in [2.45, 2.75) is 58.0 Å². The summed E-state index contributed by atoms with van der Waals surface area (Å²) in [6.07, 6.45) is -5.32. The Morgan fingerprint density at radius 2 is 1.77 bits per heavy atom. The van der Waals surface area contributed by atoms with Crippen LogP contribution in [0.25, 0.3) is 10.4 Å². The fourth-order valence-corrected chi connectivity index (χ4v) is 3.03. The molecule has 0 radical (unpaired) electrons. The van der Waals surface area contributed by atoms with Gasteiger partial charge in [0.25, 0.3) is 12.3 Å². The fourth-order valence-electron chi connectivity index (χ4n) is 2.18. The number of rotatable bonds is 7. The average molecular weight is 452 g/mol. The number of anilines is 1. The minimum atomic E-state index is -4.56. The van der Waals surface area contributed by atoms with E-state index in [0.29, 0.717) is 0 Å². The number of thiazole rings is 1. The number of nitrogens with zero attached hydrogens (tertiary/aromatic N) is 2. The third kappa shape index (κ3) is 5.85. The van der Waals surface area contributed by atoms with Gasteiger partial charge in [-0.3, -0.25) is 4.79 Å². The lowest BCUT2D eigenvalue weighted by atomic mass is 10.0. The highest BCUT2D eigenvalue weighted by atomic mass is 32.1. The molecule has 0 aliphatic heterocycles. The van der Waals surface area contributed by atoms with Crippen molar-refractivity contribution in [1.29, 1.82) is 0 Å². The van der Waals surface area contributed by atoms with Gasteiger partial charge in [-0.25, -0.2) is 18.7 Å². The molecule has 0 aliphatic rings. The molecule has 30 heavy (non-hydrogen) atoms. The Hall–Kier alpha value is -2.34. The SMILES string of the molecule is C[C@H](NC(=O)c1ncc(-c2cnc(N[C@@H](C)C(F)(F)F)cc2C(F)F)s1)C(C)(C)O. The zero-order valence-corrected chi connectivity index (χ0v) is 17.3. The van der Waals surface area contributed by atoms with E-state index in [0.717, 1.165) is 30.5 Å². The van der Waals surface area contributed by atoms with Gasteiger partial charge in [-0.2, -0.15) is 13.2 Å². The molecule has 0 aliphatic carbocycles. The van der Waals surface area contributed by atoms with Crippen LogP contribution >= 0.6 is 11.3 Å². The molecule has 1 amide bonds. The normalized spacial score (nSPS) is 14.5. The zero-order chi connectivity index (χ0) is 22.9. The van der Waals surface area contributed by atoms with E-state index in [2.05, 4.69) is 15.3 Å². The second-order valence-electron chi connectivity index (χ2n) is 7.24. The number of aromatic nitrogens is 2. The van der Waals surface area contributed by atoms with Gasteiger partial charge < -0.3 is 15.7 Å². The van der Waals surface area contributed by atoms with Gasteiger partial charge in [-0.05, 0) is 33.8 Å². The van der Waals surface area contributed by atoms with Crippen LogP contribution in [0.4, 0.5) is 27.8 Å². The number of nitrogens with one attached hydrogen (secondary N) is 2. The Bertz CT molecular complexity index is 895. The van der Waals surface area contributed by atoms with Crippen LogP contribution in [0.5, 0.6) is 0 Å². The summed E-state index contributed by atoms with van der Waals surface area (Å²) in [4.78, 5) is 20.2. The van der Waals surface area contributed by atoms with E-state index in [1.807, 2.05) is 5.32 Å². The van der Waals surface area contributed by atoms with Crippen LogP contribution in [0.15, 0.2) is 18.5 Å². The quantitative estimate of drug-likeness (QED) is 0.543. The number of hydrogen-bond acceptors (Lipinski definition) is 6. The molecule has 0 bridgehead atoms. The molecule has 3 N–H and O–H groups in total. The maximum Gasteiger partial charge on any atom is 0.408 e. The summed E-state index contributed by atoms with van der Waals surface area (Å²) < 4.78 is 65.1. The maximum absolute atomic E-state index is 13.5. The number of amides is 1. The average Bonchev–Trinajstić information content (AvgIpc) is 3.10. The Labute approximate surface area is 173 Å². The van der Waals surface area contributed by atoms with Crippen molar-refractivity contribution in [2.24, 2.45) is 0 Å². The van der Waals surface area contributed by atoms with Gasteiger partial charge in [0.1, 0.15) is 11.9 Å². The predicted octanol–water partition coefficient (Wildman–Crippen LogP) is 4.39. The second kappa shape index (κ2) is 8.80. The monoisotopic (exact) mass is 452 g/mol. The van der Waals surface area contributed by atoms with Crippen LogP contribution in [0.3, 0.4) is 0 Å². The van der Waals surface area contributed by atoms with Crippen molar-refractivity contribution < 1.29 is 31.9 Å². The molecule has 2 rings (SSSR count). The lowest BCUT2D eigenvalue weighted by molar-refractivity contribution is -0.138. The minimum Gasteiger partial charge on any atom is -0.388 e. The summed E-state index contributed by atoms with van der Waals surface area (Å²) in [5.41, 5.74) is -1.76. The summed E-state index contributed by atoms with van der Waals surface area (Å²) in [5, 5.41) is 14.5. The molecule has 2 heterocycles. The van der Waals surface area contributed by atoms with Gasteiger partial charge in [0.2, 0.25) is 0 Å². The highest BCUT2D eigenvalue weighted by molar-refractivity contribution is 7.17. The molecule has 166 valence electrons. The first-order valence-corrected chi connectivity index (χ1v) is 9.62. The highest BCUT2D eigenvalue weighted by Crippen LogP contribution is 2.35. The number of alkyl halides is 5. The van der Waals surface area contributed by atoms with E-state index in [9.17, 15) is 31.9 Å². The van der Waals surface area contributed by atoms with Gasteiger partial charge >= 0.3 is 6.18 Å². The van der Waals surface area contributed by atoms with E-state index in [1.165, 1.54) is 20.0 Å². The van der Waals surface area contributed by atoms with Gasteiger partial charge in [0.15, 0.2) is 5.01 Å². The summed E-state index contributed by atoms with van der Waals surface area (Å²) in [7, 11) is 0. The highest BCUT2D eigenvalue weighted by Gasteiger charge is 2.36. The van der Waals surface area contributed by atoms with Crippen LogP contribution < -0.4 is 10.6 Å². The Balaban J connectivity index is 2.28. The fraction of sp³-hybridized carbons (Fsp3) is 0.500. The first-order valence-electron chi connectivity index (χ1n) is 8.81. The molecular weight excluding hydrogens is 431 g/mol. The van der Waals surface area contributed by atoms with E-state index >= 15 is 0 Å². The van der Waals surface area contributed by atoms with E-state index < -0.39 is 41.8 Å². The van der Waals surface area contributed by atoms with E-state index in [-0.39, 0.29) is 21.3 Å². The van der Waals surface area contributed by atoms with Crippen molar-refractivity contribution in [3.8, 4) is 10.4 Å². The third-order valence-corrected chi connectivity index (χ3v) is 5.43. The maximum atomic E-state index is 13.5. The van der Waals surface area contributed by atoms with Crippen molar-refractivity contribution in [2.75, 3.05) is 5.32 Å². The van der Waals surface area contributed by atoms with Gasteiger partial charge in [0, 0.05) is 23.5 Å². The van der Waals surface area contributed by atoms with Gasteiger partial charge in [-0.15, -0.1) is 11.3 Å². The van der Waals surface area contributed by atoms with Crippen LogP contribution in [0.2, 0.25) is 0 Å². The molecule has 0 saturated carbocycles. The van der Waals surface area contributed by atoms with Crippen LogP contribution in [0.1, 0.15) is 49.5 Å². The predicted molar refractivity (Wildman–Crippen MR) is 103 cm³/mol. The molecule has 12 heteroatoms. The molecule has 0 saturated heterocycles. The molecule has 0 aromatic carbocycles. The third-order valence-electron chi connectivity index (χ3n) is 4.40. The number of carbonyl (C=O) groups excluding carboxylic acids is 1.